The zero-order chi connectivity index (χ0) is 22.8. The number of nitrogens with zero attached hydrogens (tertiary/aromatic N) is 4. The Morgan fingerprint density at radius 2 is 2.00 bits per heavy atom. The van der Waals surface area contributed by atoms with E-state index in [4.69, 9.17) is 15.5 Å². The van der Waals surface area contributed by atoms with Gasteiger partial charge in [-0.25, -0.2) is 4.98 Å². The van der Waals surface area contributed by atoms with E-state index in [9.17, 15) is 4.79 Å². The molecule has 1 saturated heterocycles. The molecule has 7 nitrogen and oxygen atoms in total. The summed E-state index contributed by atoms with van der Waals surface area (Å²) in [6, 6.07) is 14.7. The van der Waals surface area contributed by atoms with Crippen molar-refractivity contribution in [3.63, 3.8) is 0 Å². The zero-order valence-corrected chi connectivity index (χ0v) is 19.2. The molecule has 0 unspecified atom stereocenters. The number of ether oxygens (including phenoxy) is 1. The number of piperidine rings is 1. The number of fused-ring (bicyclic) bond motifs is 1. The maximum absolute atomic E-state index is 13.3. The molecule has 4 aromatic rings. The van der Waals surface area contributed by atoms with E-state index in [1.54, 1.807) is 0 Å². The third kappa shape index (κ3) is 3.21. The first-order valence-corrected chi connectivity index (χ1v) is 12.5. The lowest BCUT2D eigenvalue weighted by Gasteiger charge is -2.31. The van der Waals surface area contributed by atoms with Crippen molar-refractivity contribution in [2.75, 3.05) is 19.7 Å². The van der Waals surface area contributed by atoms with Gasteiger partial charge in [0.05, 0.1) is 17.8 Å². The number of carbonyl (C=O) groups excluding carboxylic acids is 1. The van der Waals surface area contributed by atoms with E-state index < -0.39 is 0 Å². The van der Waals surface area contributed by atoms with Crippen LogP contribution in [0.4, 0.5) is 0 Å². The fourth-order valence-corrected chi connectivity index (χ4v) is 5.65. The summed E-state index contributed by atoms with van der Waals surface area (Å²) in [6.45, 7) is 3.70. The van der Waals surface area contributed by atoms with Crippen LogP contribution in [0.3, 0.4) is 0 Å². The van der Waals surface area contributed by atoms with Crippen LogP contribution in [-0.2, 0) is 13.1 Å². The van der Waals surface area contributed by atoms with Crippen molar-refractivity contribution < 1.29 is 9.53 Å². The van der Waals surface area contributed by atoms with Crippen molar-refractivity contribution in [2.24, 2.45) is 11.7 Å². The van der Waals surface area contributed by atoms with E-state index in [2.05, 4.69) is 39.5 Å². The molecule has 2 aromatic heterocycles. The minimum absolute atomic E-state index is 0.0152. The lowest BCUT2D eigenvalue weighted by molar-refractivity contribution is 0.0708. The predicted molar refractivity (Wildman–Crippen MR) is 132 cm³/mol. The number of aromatic nitrogens is 3. The first kappa shape index (κ1) is 20.1. The van der Waals surface area contributed by atoms with Crippen LogP contribution in [0.15, 0.2) is 42.5 Å². The van der Waals surface area contributed by atoms with Crippen LogP contribution in [0.25, 0.3) is 33.5 Å². The van der Waals surface area contributed by atoms with Gasteiger partial charge in [-0.3, -0.25) is 4.79 Å². The number of benzene rings is 2. The Morgan fingerprint density at radius 3 is 2.85 bits per heavy atom. The first-order chi connectivity index (χ1) is 16.7. The molecule has 1 atom stereocenters. The number of nitrogens with two attached hydrogens (primary N) is 1. The second-order valence-corrected chi connectivity index (χ2v) is 10.1. The Balaban J connectivity index is 1.36. The average Bonchev–Trinajstić information content (AvgIpc) is 3.50. The Kier molecular flexibility index (Phi) is 4.49. The largest absolute Gasteiger partial charge is 0.489 e. The number of para-hydroxylation sites is 1. The standard InChI is InChI=1S/C27H29N5O2/c28-20-5-3-9-30(16-20)27(33)19-12-21-25-24(14-19)34-11-10-31(25)26(29-21)23-13-18-4-1-2-6-22(18)32(23)15-17-7-8-17/h1-2,4,6,12-14,17,20H,3,5,7-11,15-16,28H2/t20-/m1/s1. The van der Waals surface area contributed by atoms with Gasteiger partial charge < -0.3 is 24.5 Å². The van der Waals surface area contributed by atoms with Gasteiger partial charge in [0.15, 0.2) is 5.82 Å². The van der Waals surface area contributed by atoms with Gasteiger partial charge in [0.2, 0.25) is 0 Å². The summed E-state index contributed by atoms with van der Waals surface area (Å²) in [5.41, 5.74) is 11.0. The molecule has 2 aromatic carbocycles. The molecular formula is C27H29N5O2. The Labute approximate surface area is 198 Å². The summed E-state index contributed by atoms with van der Waals surface area (Å²) in [5.74, 6) is 2.47. The van der Waals surface area contributed by atoms with E-state index >= 15 is 0 Å². The fourth-order valence-electron chi connectivity index (χ4n) is 5.65. The summed E-state index contributed by atoms with van der Waals surface area (Å²) in [5, 5.41) is 1.24. The van der Waals surface area contributed by atoms with Gasteiger partial charge in [-0.05, 0) is 55.9 Å². The van der Waals surface area contributed by atoms with Gasteiger partial charge in [0.25, 0.3) is 5.91 Å². The lowest BCUT2D eigenvalue weighted by atomic mass is 10.0. The van der Waals surface area contributed by atoms with Gasteiger partial charge in [0, 0.05) is 42.1 Å². The Bertz CT molecular complexity index is 1430. The number of imidazole rings is 1. The quantitative estimate of drug-likeness (QED) is 0.504. The SMILES string of the molecule is N[C@@H]1CCCN(C(=O)c2cc3c4c(c2)nc(-c2cc5ccccc5n2CC2CC2)n4CCO3)C1. The molecule has 7 rings (SSSR count). The van der Waals surface area contributed by atoms with Crippen LogP contribution in [0.2, 0.25) is 0 Å². The maximum Gasteiger partial charge on any atom is 0.254 e. The molecule has 3 aliphatic rings. The van der Waals surface area contributed by atoms with Gasteiger partial charge in [-0.2, -0.15) is 0 Å². The zero-order valence-electron chi connectivity index (χ0n) is 19.2. The number of amides is 1. The predicted octanol–water partition coefficient (Wildman–Crippen LogP) is 4.02. The number of hydrogen-bond donors (Lipinski definition) is 1. The van der Waals surface area contributed by atoms with Crippen molar-refractivity contribution in [3.05, 3.63) is 48.0 Å². The van der Waals surface area contributed by atoms with Gasteiger partial charge in [-0.15, -0.1) is 0 Å². The number of likely N-dealkylation sites (tertiary alicyclic amines) is 1. The average molecular weight is 456 g/mol. The van der Waals surface area contributed by atoms with Crippen LogP contribution in [0.5, 0.6) is 5.75 Å². The van der Waals surface area contributed by atoms with E-state index in [0.29, 0.717) is 18.7 Å². The molecule has 34 heavy (non-hydrogen) atoms. The van der Waals surface area contributed by atoms with Gasteiger partial charge in [0.1, 0.15) is 17.9 Å². The van der Waals surface area contributed by atoms with Gasteiger partial charge in [-0.1, -0.05) is 18.2 Å². The highest BCUT2D eigenvalue weighted by atomic mass is 16.5. The monoisotopic (exact) mass is 455 g/mol. The molecule has 4 heterocycles. The molecule has 0 bridgehead atoms. The minimum atomic E-state index is 0.0152. The summed E-state index contributed by atoms with van der Waals surface area (Å²) in [7, 11) is 0. The van der Waals surface area contributed by atoms with Crippen molar-refractivity contribution in [1.29, 1.82) is 0 Å². The molecule has 2 aliphatic heterocycles. The first-order valence-electron chi connectivity index (χ1n) is 12.5. The van der Waals surface area contributed by atoms with Crippen LogP contribution in [0, 0.1) is 5.92 Å². The number of rotatable bonds is 4. The lowest BCUT2D eigenvalue weighted by Crippen LogP contribution is -2.45. The topological polar surface area (TPSA) is 78.3 Å². The summed E-state index contributed by atoms with van der Waals surface area (Å²) in [4.78, 5) is 20.3. The van der Waals surface area contributed by atoms with Crippen LogP contribution in [0.1, 0.15) is 36.0 Å². The van der Waals surface area contributed by atoms with E-state index in [-0.39, 0.29) is 11.9 Å². The molecule has 1 amide bonds. The third-order valence-electron chi connectivity index (χ3n) is 7.55. The van der Waals surface area contributed by atoms with Crippen LogP contribution >= 0.6 is 0 Å². The normalized spacial score (nSPS) is 20.1. The maximum atomic E-state index is 13.3. The minimum Gasteiger partial charge on any atom is -0.489 e. The van der Waals surface area contributed by atoms with Crippen LogP contribution in [-0.4, -0.2) is 50.7 Å². The van der Waals surface area contributed by atoms with Crippen LogP contribution < -0.4 is 10.5 Å². The third-order valence-corrected chi connectivity index (χ3v) is 7.55. The van der Waals surface area contributed by atoms with E-state index in [1.807, 2.05) is 17.0 Å². The molecule has 0 spiro atoms. The molecule has 0 radical (unpaired) electrons. The second-order valence-electron chi connectivity index (χ2n) is 10.1. The van der Waals surface area contributed by atoms with Gasteiger partial charge >= 0.3 is 0 Å². The highest BCUT2D eigenvalue weighted by Gasteiger charge is 2.29. The molecule has 2 N–H and O–H groups in total. The smallest absolute Gasteiger partial charge is 0.254 e. The van der Waals surface area contributed by atoms with Crippen molar-refractivity contribution in [1.82, 2.24) is 19.0 Å². The molecule has 1 saturated carbocycles. The summed E-state index contributed by atoms with van der Waals surface area (Å²) in [6.07, 6.45) is 4.51. The summed E-state index contributed by atoms with van der Waals surface area (Å²) < 4.78 is 10.8. The summed E-state index contributed by atoms with van der Waals surface area (Å²) >= 11 is 0. The second kappa shape index (κ2) is 7.60. The van der Waals surface area contributed by atoms with E-state index in [1.165, 1.54) is 23.7 Å². The molecule has 1 aliphatic carbocycles. The molecule has 2 fully saturated rings. The highest BCUT2D eigenvalue weighted by Crippen LogP contribution is 2.39. The van der Waals surface area contributed by atoms with Crippen molar-refractivity contribution in [2.45, 2.75) is 44.8 Å². The highest BCUT2D eigenvalue weighted by molar-refractivity contribution is 6.00. The Hall–Kier alpha value is -3.32. The molecular weight excluding hydrogens is 426 g/mol. The van der Waals surface area contributed by atoms with Crippen molar-refractivity contribution in [3.8, 4) is 17.3 Å². The molecule has 7 heteroatoms. The number of carbonyl (C=O) groups is 1. The number of hydrogen-bond acceptors (Lipinski definition) is 4. The Morgan fingerprint density at radius 1 is 1.12 bits per heavy atom. The molecule has 174 valence electrons. The van der Waals surface area contributed by atoms with E-state index in [0.717, 1.165) is 66.7 Å². The van der Waals surface area contributed by atoms with Crippen molar-refractivity contribution >= 4 is 27.8 Å². The fraction of sp³-hybridized carbons (Fsp3) is 0.407.